The second kappa shape index (κ2) is 7.85. The van der Waals surface area contributed by atoms with Gasteiger partial charge in [0.05, 0.1) is 0 Å². The van der Waals surface area contributed by atoms with Gasteiger partial charge in [-0.2, -0.15) is 0 Å². The van der Waals surface area contributed by atoms with E-state index in [1.54, 1.807) is 24.5 Å². The third-order valence-corrected chi connectivity index (χ3v) is 5.52. The maximum atomic E-state index is 12.5. The summed E-state index contributed by atoms with van der Waals surface area (Å²) in [5, 5.41) is 3.21. The highest BCUT2D eigenvalue weighted by atomic mass is 16.2. The lowest BCUT2D eigenvalue weighted by molar-refractivity contribution is 0.0660. The molecule has 2 heterocycles. The smallest absolute Gasteiger partial charge is 0.317 e. The molecule has 0 spiro atoms. The Labute approximate surface area is 149 Å². The van der Waals surface area contributed by atoms with E-state index in [0.29, 0.717) is 37.7 Å². The lowest BCUT2D eigenvalue weighted by Gasteiger charge is -2.38. The zero-order valence-electron chi connectivity index (χ0n) is 15.1. The van der Waals surface area contributed by atoms with E-state index in [0.717, 1.165) is 12.3 Å². The van der Waals surface area contributed by atoms with Crippen molar-refractivity contribution >= 4 is 11.9 Å². The van der Waals surface area contributed by atoms with E-state index in [9.17, 15) is 9.59 Å². The summed E-state index contributed by atoms with van der Waals surface area (Å²) in [6.07, 6.45) is 6.68. The Morgan fingerprint density at radius 2 is 1.68 bits per heavy atom. The fraction of sp³-hybridized carbons (Fsp3) is 0.632. The van der Waals surface area contributed by atoms with Gasteiger partial charge in [0.2, 0.25) is 0 Å². The van der Waals surface area contributed by atoms with Gasteiger partial charge in [-0.1, -0.05) is 13.8 Å². The lowest BCUT2D eigenvalue weighted by atomic mass is 9.80. The first-order valence-electron chi connectivity index (χ1n) is 9.29. The molecule has 1 aromatic heterocycles. The predicted molar refractivity (Wildman–Crippen MR) is 96.2 cm³/mol. The minimum atomic E-state index is 0.0114. The summed E-state index contributed by atoms with van der Waals surface area (Å²) in [7, 11) is 0. The quantitative estimate of drug-likeness (QED) is 0.896. The van der Waals surface area contributed by atoms with Crippen LogP contribution < -0.4 is 5.32 Å². The molecule has 3 amide bonds. The van der Waals surface area contributed by atoms with Gasteiger partial charge in [-0.05, 0) is 43.2 Å². The highest BCUT2D eigenvalue weighted by molar-refractivity contribution is 5.94. The molecule has 6 heteroatoms. The number of pyridine rings is 1. The molecule has 0 radical (unpaired) electrons. The van der Waals surface area contributed by atoms with Crippen molar-refractivity contribution in [1.29, 1.82) is 0 Å². The van der Waals surface area contributed by atoms with Crippen molar-refractivity contribution in [3.8, 4) is 0 Å². The van der Waals surface area contributed by atoms with Crippen LogP contribution in [0.15, 0.2) is 24.5 Å². The average Bonchev–Trinajstić information content (AvgIpc) is 2.64. The standard InChI is InChI=1S/C19H28N4O2/c1-14-3-4-17(15(2)13-14)21-19(25)23-11-9-22(10-12-23)18(24)16-5-7-20-8-6-16/h5-8,14-15,17H,3-4,9-13H2,1-2H3,(H,21,25). The second-order valence-corrected chi connectivity index (χ2v) is 7.47. The lowest BCUT2D eigenvalue weighted by Crippen LogP contribution is -2.55. The van der Waals surface area contributed by atoms with Gasteiger partial charge in [0.25, 0.3) is 5.91 Å². The summed E-state index contributed by atoms with van der Waals surface area (Å²) in [6.45, 7) is 6.83. The van der Waals surface area contributed by atoms with Crippen LogP contribution in [0.5, 0.6) is 0 Å². The molecule has 3 unspecified atom stereocenters. The summed E-state index contributed by atoms with van der Waals surface area (Å²) < 4.78 is 0. The largest absolute Gasteiger partial charge is 0.335 e. The summed E-state index contributed by atoms with van der Waals surface area (Å²) in [5.41, 5.74) is 0.651. The third kappa shape index (κ3) is 4.30. The molecular formula is C19H28N4O2. The van der Waals surface area contributed by atoms with E-state index in [-0.39, 0.29) is 18.0 Å². The number of nitrogens with one attached hydrogen (secondary N) is 1. The summed E-state index contributed by atoms with van der Waals surface area (Å²) in [4.78, 5) is 32.6. The van der Waals surface area contributed by atoms with Crippen molar-refractivity contribution in [2.75, 3.05) is 26.2 Å². The number of carbonyl (C=O) groups excluding carboxylic acids is 2. The van der Waals surface area contributed by atoms with E-state index in [1.807, 2.05) is 9.80 Å². The van der Waals surface area contributed by atoms with E-state index in [2.05, 4.69) is 24.1 Å². The first-order valence-corrected chi connectivity index (χ1v) is 9.29. The molecule has 0 aromatic carbocycles. The van der Waals surface area contributed by atoms with Gasteiger partial charge >= 0.3 is 6.03 Å². The Kier molecular flexibility index (Phi) is 5.56. The Hall–Kier alpha value is -2.11. The summed E-state index contributed by atoms with van der Waals surface area (Å²) in [5.74, 6) is 1.30. The molecule has 6 nitrogen and oxygen atoms in total. The maximum Gasteiger partial charge on any atom is 0.317 e. The Morgan fingerprint density at radius 3 is 2.32 bits per heavy atom. The number of hydrogen-bond donors (Lipinski definition) is 1. The van der Waals surface area contributed by atoms with E-state index in [4.69, 9.17) is 0 Å². The number of aromatic nitrogens is 1. The maximum absolute atomic E-state index is 12.5. The van der Waals surface area contributed by atoms with Crippen LogP contribution in [-0.4, -0.2) is 58.9 Å². The van der Waals surface area contributed by atoms with Crippen molar-refractivity contribution in [3.63, 3.8) is 0 Å². The number of urea groups is 1. The molecule has 1 saturated heterocycles. The number of piperazine rings is 1. The van der Waals surface area contributed by atoms with Crippen LogP contribution in [0.1, 0.15) is 43.5 Å². The molecule has 3 atom stereocenters. The van der Waals surface area contributed by atoms with Gasteiger partial charge in [-0.3, -0.25) is 9.78 Å². The molecule has 1 aromatic rings. The predicted octanol–water partition coefficient (Wildman–Crippen LogP) is 2.37. The first-order chi connectivity index (χ1) is 12.0. The summed E-state index contributed by atoms with van der Waals surface area (Å²) >= 11 is 0. The van der Waals surface area contributed by atoms with Crippen LogP contribution in [0.4, 0.5) is 4.79 Å². The van der Waals surface area contributed by atoms with E-state index < -0.39 is 0 Å². The molecule has 2 aliphatic rings. The number of amides is 3. The Balaban J connectivity index is 1.48. The molecule has 136 valence electrons. The second-order valence-electron chi connectivity index (χ2n) is 7.47. The van der Waals surface area contributed by atoms with Gasteiger partial charge < -0.3 is 15.1 Å². The van der Waals surface area contributed by atoms with Crippen LogP contribution in [0.3, 0.4) is 0 Å². The molecule has 1 aliphatic carbocycles. The number of rotatable bonds is 2. The van der Waals surface area contributed by atoms with Crippen LogP contribution >= 0.6 is 0 Å². The van der Waals surface area contributed by atoms with Gasteiger partial charge in [0.15, 0.2) is 0 Å². The highest BCUT2D eigenvalue weighted by Crippen LogP contribution is 2.28. The fourth-order valence-electron chi connectivity index (χ4n) is 3.92. The van der Waals surface area contributed by atoms with Crippen LogP contribution in [-0.2, 0) is 0 Å². The highest BCUT2D eigenvalue weighted by Gasteiger charge is 2.30. The van der Waals surface area contributed by atoms with E-state index in [1.165, 1.54) is 12.8 Å². The topological polar surface area (TPSA) is 65.5 Å². The minimum Gasteiger partial charge on any atom is -0.335 e. The Bertz CT molecular complexity index is 599. The van der Waals surface area contributed by atoms with Gasteiger partial charge in [-0.25, -0.2) is 4.79 Å². The van der Waals surface area contributed by atoms with Crippen molar-refractivity contribution in [3.05, 3.63) is 30.1 Å². The molecule has 2 fully saturated rings. The van der Waals surface area contributed by atoms with Crippen molar-refractivity contribution in [1.82, 2.24) is 20.1 Å². The molecule has 1 saturated carbocycles. The van der Waals surface area contributed by atoms with E-state index >= 15 is 0 Å². The molecular weight excluding hydrogens is 316 g/mol. The zero-order valence-corrected chi connectivity index (χ0v) is 15.1. The van der Waals surface area contributed by atoms with Gasteiger partial charge in [0.1, 0.15) is 0 Å². The number of hydrogen-bond acceptors (Lipinski definition) is 3. The van der Waals surface area contributed by atoms with Crippen molar-refractivity contribution in [2.24, 2.45) is 11.8 Å². The molecule has 3 rings (SSSR count). The van der Waals surface area contributed by atoms with Crippen LogP contribution in [0.25, 0.3) is 0 Å². The zero-order chi connectivity index (χ0) is 17.8. The van der Waals surface area contributed by atoms with Gasteiger partial charge in [-0.15, -0.1) is 0 Å². The van der Waals surface area contributed by atoms with Crippen molar-refractivity contribution in [2.45, 2.75) is 39.2 Å². The van der Waals surface area contributed by atoms with Crippen LogP contribution in [0.2, 0.25) is 0 Å². The van der Waals surface area contributed by atoms with Crippen LogP contribution in [0, 0.1) is 11.8 Å². The van der Waals surface area contributed by atoms with Gasteiger partial charge in [0, 0.05) is 50.2 Å². The monoisotopic (exact) mass is 344 g/mol. The Morgan fingerprint density at radius 1 is 1.04 bits per heavy atom. The third-order valence-electron chi connectivity index (χ3n) is 5.52. The first kappa shape index (κ1) is 17.7. The average molecular weight is 344 g/mol. The minimum absolute atomic E-state index is 0.0114. The SMILES string of the molecule is CC1CCC(NC(=O)N2CCN(C(=O)c3ccncc3)CC2)C(C)C1. The molecule has 25 heavy (non-hydrogen) atoms. The number of carbonyl (C=O) groups is 2. The summed E-state index contributed by atoms with van der Waals surface area (Å²) in [6, 6.07) is 3.75. The molecule has 1 N–H and O–H groups in total. The van der Waals surface area contributed by atoms with Crippen molar-refractivity contribution < 1.29 is 9.59 Å². The number of nitrogens with zero attached hydrogens (tertiary/aromatic N) is 3. The molecule has 1 aliphatic heterocycles. The fourth-order valence-corrected chi connectivity index (χ4v) is 3.92. The molecule has 0 bridgehead atoms. The normalized spacial score (nSPS) is 27.0.